The van der Waals surface area contributed by atoms with Gasteiger partial charge in [-0.25, -0.2) is 0 Å². The lowest BCUT2D eigenvalue weighted by Gasteiger charge is -2.31. The number of benzene rings is 1. The Kier molecular flexibility index (Phi) is 6.37. The van der Waals surface area contributed by atoms with E-state index in [0.717, 1.165) is 26.3 Å². The van der Waals surface area contributed by atoms with E-state index < -0.39 is 0 Å². The lowest BCUT2D eigenvalue weighted by molar-refractivity contribution is 0.122. The number of hydrogen-bond donors (Lipinski definition) is 0. The Bertz CT molecular complexity index is 431. The number of ether oxygens (including phenoxy) is 1. The van der Waals surface area contributed by atoms with Crippen LogP contribution in [0, 0.1) is 6.92 Å². The largest absolute Gasteiger partial charge is 0.378 e. The van der Waals surface area contributed by atoms with Gasteiger partial charge in [-0.15, -0.1) is 0 Å². The Labute approximate surface area is 117 Å². The van der Waals surface area contributed by atoms with Gasteiger partial charge in [-0.3, -0.25) is 0 Å². The van der Waals surface area contributed by atoms with Crippen LogP contribution < -0.4 is 4.90 Å². The molecule has 0 bridgehead atoms. The van der Waals surface area contributed by atoms with Crippen LogP contribution in [-0.4, -0.2) is 26.3 Å². The summed E-state index contributed by atoms with van der Waals surface area (Å²) in [7, 11) is 0. The summed E-state index contributed by atoms with van der Waals surface area (Å²) < 4.78 is 5.39. The van der Waals surface area contributed by atoms with E-state index in [2.05, 4.69) is 37.1 Å². The molecule has 1 aromatic carbocycles. The molecule has 0 unspecified atom stereocenters. The highest BCUT2D eigenvalue weighted by molar-refractivity contribution is 5.77. The standard InChI is InChI=1S/C15H19NO.C2H6/c1-4-13-12(3)6-7-15(14(13)5-2)16-8-10-17-11-9-16;1-2/h4-7H,1-2,8-11H2,3H3;1-2H3. The molecule has 0 N–H and O–H groups in total. The average Bonchev–Trinajstić information content (AvgIpc) is 2.49. The van der Waals surface area contributed by atoms with Gasteiger partial charge < -0.3 is 9.64 Å². The van der Waals surface area contributed by atoms with E-state index >= 15 is 0 Å². The summed E-state index contributed by atoms with van der Waals surface area (Å²) in [6.07, 6.45) is 3.84. The third-order valence-corrected chi connectivity index (χ3v) is 3.24. The van der Waals surface area contributed by atoms with Crippen molar-refractivity contribution in [1.82, 2.24) is 0 Å². The molecule has 1 heterocycles. The molecule has 0 radical (unpaired) electrons. The maximum absolute atomic E-state index is 5.39. The van der Waals surface area contributed by atoms with Crippen LogP contribution in [0.2, 0.25) is 0 Å². The summed E-state index contributed by atoms with van der Waals surface area (Å²) in [5.74, 6) is 0. The summed E-state index contributed by atoms with van der Waals surface area (Å²) in [4.78, 5) is 2.35. The molecule has 19 heavy (non-hydrogen) atoms. The smallest absolute Gasteiger partial charge is 0.0642 e. The van der Waals surface area contributed by atoms with Gasteiger partial charge in [0.25, 0.3) is 0 Å². The van der Waals surface area contributed by atoms with Crippen LogP contribution in [0.1, 0.15) is 30.5 Å². The highest BCUT2D eigenvalue weighted by Crippen LogP contribution is 2.29. The minimum absolute atomic E-state index is 0.799. The highest BCUT2D eigenvalue weighted by Gasteiger charge is 2.15. The van der Waals surface area contributed by atoms with Crippen LogP contribution in [0.25, 0.3) is 12.2 Å². The normalized spacial score (nSPS) is 14.4. The minimum Gasteiger partial charge on any atom is -0.378 e. The summed E-state index contributed by atoms with van der Waals surface area (Å²) in [5.41, 5.74) is 4.85. The second kappa shape index (κ2) is 7.80. The predicted octanol–water partition coefficient (Wildman–Crippen LogP) is 4.14. The number of rotatable bonds is 3. The number of morpholine rings is 1. The van der Waals surface area contributed by atoms with Gasteiger partial charge in [-0.1, -0.05) is 45.2 Å². The van der Waals surface area contributed by atoms with Gasteiger partial charge in [0.2, 0.25) is 0 Å². The lowest BCUT2D eigenvalue weighted by Crippen LogP contribution is -2.36. The van der Waals surface area contributed by atoms with Crippen LogP contribution in [-0.2, 0) is 4.74 Å². The second-order valence-corrected chi connectivity index (χ2v) is 4.24. The van der Waals surface area contributed by atoms with Crippen molar-refractivity contribution < 1.29 is 4.74 Å². The molecule has 1 saturated heterocycles. The molecular formula is C17H25NO. The Morgan fingerprint density at radius 2 is 1.63 bits per heavy atom. The van der Waals surface area contributed by atoms with Crippen molar-refractivity contribution in [3.63, 3.8) is 0 Å². The van der Waals surface area contributed by atoms with Crippen LogP contribution in [0.15, 0.2) is 25.3 Å². The van der Waals surface area contributed by atoms with E-state index in [4.69, 9.17) is 4.74 Å². The van der Waals surface area contributed by atoms with Gasteiger partial charge in [0.15, 0.2) is 0 Å². The summed E-state index contributed by atoms with van der Waals surface area (Å²) >= 11 is 0. The zero-order valence-electron chi connectivity index (χ0n) is 12.4. The van der Waals surface area contributed by atoms with Crippen LogP contribution in [0.5, 0.6) is 0 Å². The van der Waals surface area contributed by atoms with Gasteiger partial charge in [0, 0.05) is 24.3 Å². The van der Waals surface area contributed by atoms with E-state index in [1.165, 1.54) is 22.4 Å². The first-order chi connectivity index (χ1) is 9.27. The maximum atomic E-state index is 5.39. The summed E-state index contributed by atoms with van der Waals surface area (Å²) in [6.45, 7) is 17.4. The zero-order valence-corrected chi connectivity index (χ0v) is 12.4. The first kappa shape index (κ1) is 15.5. The van der Waals surface area contributed by atoms with Gasteiger partial charge in [-0.2, -0.15) is 0 Å². The van der Waals surface area contributed by atoms with Crippen molar-refractivity contribution in [3.8, 4) is 0 Å². The van der Waals surface area contributed by atoms with E-state index in [9.17, 15) is 0 Å². The lowest BCUT2D eigenvalue weighted by atomic mass is 9.99. The van der Waals surface area contributed by atoms with Crippen LogP contribution in [0.4, 0.5) is 5.69 Å². The molecule has 0 aromatic heterocycles. The van der Waals surface area contributed by atoms with E-state index in [0.29, 0.717) is 0 Å². The fourth-order valence-corrected chi connectivity index (χ4v) is 2.30. The number of aryl methyl sites for hydroxylation is 1. The third kappa shape index (κ3) is 3.48. The highest BCUT2D eigenvalue weighted by atomic mass is 16.5. The molecule has 0 saturated carbocycles. The van der Waals surface area contributed by atoms with Gasteiger partial charge >= 0.3 is 0 Å². The average molecular weight is 259 g/mol. The zero-order chi connectivity index (χ0) is 14.3. The Morgan fingerprint density at radius 3 is 2.16 bits per heavy atom. The SMILES string of the molecule is C=Cc1c(C)ccc(N2CCOCC2)c1C=C.CC. The molecular weight excluding hydrogens is 234 g/mol. The van der Waals surface area contributed by atoms with Crippen molar-refractivity contribution in [2.75, 3.05) is 31.2 Å². The van der Waals surface area contributed by atoms with E-state index in [1.807, 2.05) is 26.0 Å². The topological polar surface area (TPSA) is 12.5 Å². The molecule has 2 nitrogen and oxygen atoms in total. The second-order valence-electron chi connectivity index (χ2n) is 4.24. The molecule has 0 aliphatic carbocycles. The molecule has 1 aliphatic heterocycles. The van der Waals surface area contributed by atoms with Crippen molar-refractivity contribution in [2.24, 2.45) is 0 Å². The first-order valence-electron chi connectivity index (χ1n) is 6.99. The molecule has 1 fully saturated rings. The molecule has 2 heteroatoms. The molecule has 1 aliphatic rings. The molecule has 1 aromatic rings. The van der Waals surface area contributed by atoms with Gasteiger partial charge in [0.05, 0.1) is 13.2 Å². The monoisotopic (exact) mass is 259 g/mol. The Balaban J connectivity index is 0.000000861. The molecule has 0 spiro atoms. The third-order valence-electron chi connectivity index (χ3n) is 3.24. The molecule has 0 amide bonds. The first-order valence-corrected chi connectivity index (χ1v) is 6.99. The van der Waals surface area contributed by atoms with Crippen molar-refractivity contribution in [1.29, 1.82) is 0 Å². The van der Waals surface area contributed by atoms with Crippen LogP contribution >= 0.6 is 0 Å². The Hall–Kier alpha value is -1.54. The maximum Gasteiger partial charge on any atom is 0.0642 e. The Morgan fingerprint density at radius 1 is 1.05 bits per heavy atom. The van der Waals surface area contributed by atoms with Crippen molar-refractivity contribution >= 4 is 17.8 Å². The van der Waals surface area contributed by atoms with Gasteiger partial charge in [0.1, 0.15) is 0 Å². The number of anilines is 1. The molecule has 0 atom stereocenters. The number of nitrogens with zero attached hydrogens (tertiary/aromatic N) is 1. The fourth-order valence-electron chi connectivity index (χ4n) is 2.30. The fraction of sp³-hybridized carbons (Fsp3) is 0.412. The van der Waals surface area contributed by atoms with E-state index in [-0.39, 0.29) is 0 Å². The van der Waals surface area contributed by atoms with Crippen molar-refractivity contribution in [2.45, 2.75) is 20.8 Å². The number of hydrogen-bond acceptors (Lipinski definition) is 2. The summed E-state index contributed by atoms with van der Waals surface area (Å²) in [6, 6.07) is 4.32. The van der Waals surface area contributed by atoms with Crippen LogP contribution in [0.3, 0.4) is 0 Å². The quantitative estimate of drug-likeness (QED) is 0.808. The molecule has 2 rings (SSSR count). The van der Waals surface area contributed by atoms with Gasteiger partial charge in [-0.05, 0) is 24.1 Å². The van der Waals surface area contributed by atoms with E-state index in [1.54, 1.807) is 0 Å². The summed E-state index contributed by atoms with van der Waals surface area (Å²) in [5, 5.41) is 0. The van der Waals surface area contributed by atoms with Crippen molar-refractivity contribution in [3.05, 3.63) is 42.0 Å². The predicted molar refractivity (Wildman–Crippen MR) is 85.7 cm³/mol. The molecule has 104 valence electrons. The minimum atomic E-state index is 0.799.